The Kier molecular flexibility index (Phi) is 3.71. The highest BCUT2D eigenvalue weighted by Crippen LogP contribution is 2.29. The topological polar surface area (TPSA) is 52.7 Å². The Hall–Kier alpha value is -1.10. The van der Waals surface area contributed by atoms with Crippen LogP contribution in [-0.2, 0) is 9.59 Å². The normalized spacial score (nSPS) is 31.2. The van der Waals surface area contributed by atoms with Crippen LogP contribution in [0.3, 0.4) is 0 Å². The lowest BCUT2D eigenvalue weighted by molar-refractivity contribution is -0.144. The highest BCUT2D eigenvalue weighted by atomic mass is 16.2. The van der Waals surface area contributed by atoms with E-state index in [1.165, 1.54) is 0 Å². The first-order chi connectivity index (χ1) is 9.58. The summed E-state index contributed by atoms with van der Waals surface area (Å²) >= 11 is 0. The van der Waals surface area contributed by atoms with Crippen LogP contribution in [0.2, 0.25) is 0 Å². The van der Waals surface area contributed by atoms with Crippen molar-refractivity contribution in [3.05, 3.63) is 0 Å². The molecule has 1 unspecified atom stereocenters. The van der Waals surface area contributed by atoms with Gasteiger partial charge in [0, 0.05) is 39.1 Å². The molecule has 0 bridgehead atoms. The highest BCUT2D eigenvalue weighted by Gasteiger charge is 2.43. The van der Waals surface area contributed by atoms with Crippen molar-refractivity contribution in [1.29, 1.82) is 0 Å². The molecular weight excluding hydrogens is 254 g/mol. The molecule has 5 nitrogen and oxygen atoms in total. The Labute approximate surface area is 120 Å². The summed E-state index contributed by atoms with van der Waals surface area (Å²) in [7, 11) is 0. The molecule has 0 aromatic carbocycles. The molecule has 3 saturated heterocycles. The molecular formula is C15H25N3O2. The number of fused-ring (bicyclic) bond motifs is 1. The third kappa shape index (κ3) is 2.32. The van der Waals surface area contributed by atoms with Crippen molar-refractivity contribution >= 4 is 11.8 Å². The van der Waals surface area contributed by atoms with Crippen LogP contribution in [0.15, 0.2) is 0 Å². The van der Waals surface area contributed by atoms with Crippen LogP contribution in [-0.4, -0.2) is 60.4 Å². The first kappa shape index (κ1) is 13.9. The van der Waals surface area contributed by atoms with Crippen LogP contribution in [0, 0.1) is 17.8 Å². The molecule has 0 saturated carbocycles. The van der Waals surface area contributed by atoms with Gasteiger partial charge in [-0.2, -0.15) is 0 Å². The standard InChI is InChI=1S/C15H25N3O2/c1-10(2)14(18-5-3-4-13(18)19)15(20)17-8-11-6-16-7-12(11)9-17/h10-12,14,16H,3-9H2,1-2H3/t11-,12+,14?. The van der Waals surface area contributed by atoms with E-state index in [1.807, 2.05) is 23.6 Å². The second-order valence-corrected chi connectivity index (χ2v) is 6.80. The van der Waals surface area contributed by atoms with E-state index in [0.29, 0.717) is 18.3 Å². The number of nitrogens with one attached hydrogen (secondary N) is 1. The monoisotopic (exact) mass is 279 g/mol. The van der Waals surface area contributed by atoms with Gasteiger partial charge in [-0.15, -0.1) is 0 Å². The summed E-state index contributed by atoms with van der Waals surface area (Å²) < 4.78 is 0. The van der Waals surface area contributed by atoms with Crippen LogP contribution >= 0.6 is 0 Å². The summed E-state index contributed by atoms with van der Waals surface area (Å²) in [5.41, 5.74) is 0. The lowest BCUT2D eigenvalue weighted by atomic mass is 10.0. The first-order valence-electron chi connectivity index (χ1n) is 7.87. The smallest absolute Gasteiger partial charge is 0.245 e. The van der Waals surface area contributed by atoms with Crippen LogP contribution in [0.1, 0.15) is 26.7 Å². The number of hydrogen-bond acceptors (Lipinski definition) is 3. The molecule has 5 heteroatoms. The maximum absolute atomic E-state index is 12.9. The van der Waals surface area contributed by atoms with Crippen molar-refractivity contribution in [2.75, 3.05) is 32.7 Å². The number of hydrogen-bond donors (Lipinski definition) is 1. The Balaban J connectivity index is 1.71. The summed E-state index contributed by atoms with van der Waals surface area (Å²) in [6, 6.07) is -0.253. The van der Waals surface area contributed by atoms with Crippen molar-refractivity contribution < 1.29 is 9.59 Å². The van der Waals surface area contributed by atoms with Gasteiger partial charge in [-0.05, 0) is 24.2 Å². The largest absolute Gasteiger partial charge is 0.340 e. The second kappa shape index (κ2) is 5.35. The Morgan fingerprint density at radius 2 is 1.90 bits per heavy atom. The Bertz CT molecular complexity index is 398. The van der Waals surface area contributed by atoms with Crippen molar-refractivity contribution in [2.24, 2.45) is 17.8 Å². The second-order valence-electron chi connectivity index (χ2n) is 6.80. The number of amides is 2. The predicted molar refractivity (Wildman–Crippen MR) is 76.0 cm³/mol. The number of rotatable bonds is 3. The average Bonchev–Trinajstić information content (AvgIpc) is 3.04. The summed E-state index contributed by atoms with van der Waals surface area (Å²) in [6.45, 7) is 8.63. The van der Waals surface area contributed by atoms with Crippen LogP contribution in [0.5, 0.6) is 0 Å². The molecule has 0 aliphatic carbocycles. The van der Waals surface area contributed by atoms with E-state index >= 15 is 0 Å². The number of nitrogens with zero attached hydrogens (tertiary/aromatic N) is 2. The SMILES string of the molecule is CC(C)C(C(=O)N1C[C@H]2CNC[C@H]2C1)N1CCCC1=O. The Morgan fingerprint density at radius 3 is 2.40 bits per heavy atom. The summed E-state index contributed by atoms with van der Waals surface area (Å²) in [6.07, 6.45) is 1.50. The Morgan fingerprint density at radius 1 is 1.25 bits per heavy atom. The minimum Gasteiger partial charge on any atom is -0.340 e. The molecule has 0 spiro atoms. The average molecular weight is 279 g/mol. The molecule has 0 aromatic rings. The third-order valence-electron chi connectivity index (χ3n) is 5.03. The lowest BCUT2D eigenvalue weighted by Gasteiger charge is -2.33. The van der Waals surface area contributed by atoms with Gasteiger partial charge in [0.1, 0.15) is 6.04 Å². The van der Waals surface area contributed by atoms with Gasteiger partial charge in [0.05, 0.1) is 0 Å². The molecule has 1 N–H and O–H groups in total. The van der Waals surface area contributed by atoms with Gasteiger partial charge in [-0.3, -0.25) is 9.59 Å². The molecule has 20 heavy (non-hydrogen) atoms. The van der Waals surface area contributed by atoms with Crippen molar-refractivity contribution in [2.45, 2.75) is 32.7 Å². The van der Waals surface area contributed by atoms with Gasteiger partial charge < -0.3 is 15.1 Å². The highest BCUT2D eigenvalue weighted by molar-refractivity contribution is 5.89. The van der Waals surface area contributed by atoms with Gasteiger partial charge in [0.2, 0.25) is 11.8 Å². The number of carbonyl (C=O) groups excluding carboxylic acids is 2. The zero-order valence-corrected chi connectivity index (χ0v) is 12.5. The van der Waals surface area contributed by atoms with E-state index in [4.69, 9.17) is 0 Å². The molecule has 2 amide bonds. The van der Waals surface area contributed by atoms with E-state index in [-0.39, 0.29) is 23.8 Å². The van der Waals surface area contributed by atoms with Crippen molar-refractivity contribution in [3.63, 3.8) is 0 Å². The molecule has 3 aliphatic heterocycles. The molecule has 112 valence electrons. The van der Waals surface area contributed by atoms with Crippen LogP contribution < -0.4 is 5.32 Å². The van der Waals surface area contributed by atoms with E-state index < -0.39 is 0 Å². The number of carbonyl (C=O) groups is 2. The quantitative estimate of drug-likeness (QED) is 0.809. The summed E-state index contributed by atoms with van der Waals surface area (Å²) in [5.74, 6) is 1.73. The number of likely N-dealkylation sites (tertiary alicyclic amines) is 2. The molecule has 0 radical (unpaired) electrons. The van der Waals surface area contributed by atoms with Gasteiger partial charge in [0.25, 0.3) is 0 Å². The van der Waals surface area contributed by atoms with Crippen molar-refractivity contribution in [1.82, 2.24) is 15.1 Å². The fourth-order valence-electron chi connectivity index (χ4n) is 3.96. The molecule has 3 atom stereocenters. The maximum atomic E-state index is 12.9. The van der Waals surface area contributed by atoms with Gasteiger partial charge >= 0.3 is 0 Å². The minimum absolute atomic E-state index is 0.151. The van der Waals surface area contributed by atoms with Gasteiger partial charge in [-0.25, -0.2) is 0 Å². The maximum Gasteiger partial charge on any atom is 0.245 e. The van der Waals surface area contributed by atoms with Crippen LogP contribution in [0.25, 0.3) is 0 Å². The molecule has 3 aliphatic rings. The first-order valence-corrected chi connectivity index (χ1v) is 7.87. The van der Waals surface area contributed by atoms with Gasteiger partial charge in [0.15, 0.2) is 0 Å². The van der Waals surface area contributed by atoms with E-state index in [9.17, 15) is 9.59 Å². The van der Waals surface area contributed by atoms with Crippen molar-refractivity contribution in [3.8, 4) is 0 Å². The molecule has 0 aromatic heterocycles. The minimum atomic E-state index is -0.253. The zero-order chi connectivity index (χ0) is 14.3. The lowest BCUT2D eigenvalue weighted by Crippen LogP contribution is -2.51. The van der Waals surface area contributed by atoms with E-state index in [2.05, 4.69) is 5.32 Å². The zero-order valence-electron chi connectivity index (χ0n) is 12.5. The van der Waals surface area contributed by atoms with E-state index in [1.54, 1.807) is 0 Å². The fourth-order valence-corrected chi connectivity index (χ4v) is 3.96. The third-order valence-corrected chi connectivity index (χ3v) is 5.03. The summed E-state index contributed by atoms with van der Waals surface area (Å²) in [5, 5.41) is 3.40. The van der Waals surface area contributed by atoms with Gasteiger partial charge in [-0.1, -0.05) is 13.8 Å². The van der Waals surface area contributed by atoms with Crippen LogP contribution in [0.4, 0.5) is 0 Å². The molecule has 3 fully saturated rings. The fraction of sp³-hybridized carbons (Fsp3) is 0.867. The summed E-state index contributed by atoms with van der Waals surface area (Å²) in [4.78, 5) is 28.7. The predicted octanol–water partition coefficient (Wildman–Crippen LogP) is 0.311. The molecule has 3 rings (SSSR count). The molecule has 3 heterocycles. The van der Waals surface area contributed by atoms with E-state index in [0.717, 1.165) is 39.1 Å².